The van der Waals surface area contributed by atoms with Crippen molar-refractivity contribution in [2.75, 3.05) is 12.9 Å². The van der Waals surface area contributed by atoms with Crippen LogP contribution in [0.25, 0.3) is 15.9 Å². The Bertz CT molecular complexity index is 1130. The zero-order valence-corrected chi connectivity index (χ0v) is 20.3. The fraction of sp³-hybridized carbons (Fsp3) is 0.500. The van der Waals surface area contributed by atoms with Gasteiger partial charge in [0.15, 0.2) is 5.16 Å². The average molecular weight is 459 g/mol. The highest BCUT2D eigenvalue weighted by molar-refractivity contribution is 7.99. The molecular formula is C24H30N2O3S2. The van der Waals surface area contributed by atoms with E-state index < -0.39 is 0 Å². The molecule has 0 N–H and O–H groups in total. The number of methoxy groups -OCH3 is 1. The van der Waals surface area contributed by atoms with Crippen LogP contribution in [0.3, 0.4) is 0 Å². The predicted octanol–water partition coefficient (Wildman–Crippen LogP) is 5.98. The van der Waals surface area contributed by atoms with E-state index in [1.165, 1.54) is 19.3 Å². The summed E-state index contributed by atoms with van der Waals surface area (Å²) in [5, 5.41) is 1.47. The van der Waals surface area contributed by atoms with Crippen LogP contribution in [0.4, 0.5) is 0 Å². The summed E-state index contributed by atoms with van der Waals surface area (Å²) >= 11 is 3.25. The van der Waals surface area contributed by atoms with Crippen molar-refractivity contribution < 1.29 is 9.47 Å². The van der Waals surface area contributed by atoms with Gasteiger partial charge in [-0.15, -0.1) is 11.3 Å². The lowest BCUT2D eigenvalue weighted by Crippen LogP contribution is -2.32. The number of aromatic nitrogens is 2. The first kappa shape index (κ1) is 22.4. The van der Waals surface area contributed by atoms with Crippen LogP contribution in [0.2, 0.25) is 0 Å². The largest absolute Gasteiger partial charge is 0.495 e. The molecule has 1 aliphatic rings. The van der Waals surface area contributed by atoms with Crippen molar-refractivity contribution >= 4 is 33.3 Å². The minimum atomic E-state index is -0.282. The van der Waals surface area contributed by atoms with Crippen molar-refractivity contribution in [3.05, 3.63) is 45.1 Å². The van der Waals surface area contributed by atoms with Crippen LogP contribution in [-0.2, 0) is 17.8 Å². The fourth-order valence-corrected chi connectivity index (χ4v) is 6.14. The molecule has 5 nitrogen and oxygen atoms in total. The second-order valence-electron chi connectivity index (χ2n) is 8.52. The topological polar surface area (TPSA) is 53.4 Å². The molecule has 4 rings (SSSR count). The van der Waals surface area contributed by atoms with Crippen LogP contribution in [0.15, 0.2) is 34.2 Å². The maximum absolute atomic E-state index is 13.9. The van der Waals surface area contributed by atoms with Crippen molar-refractivity contribution in [3.63, 3.8) is 0 Å². The Kier molecular flexibility index (Phi) is 6.74. The number of rotatable bonds is 8. The number of thiophene rings is 1. The number of ether oxygens (including phenoxy) is 2. The van der Waals surface area contributed by atoms with Crippen LogP contribution < -0.4 is 10.3 Å². The molecule has 0 saturated heterocycles. The van der Waals surface area contributed by atoms with E-state index in [-0.39, 0.29) is 11.2 Å². The first-order valence-electron chi connectivity index (χ1n) is 10.9. The standard InChI is InChI=1S/C24H30N2O3S2/c1-5-6-7-10-13-30-23-25-21-20(16-14-24(2,3)29-15-19(16)31-21)22(27)26(23)17-11-8-9-12-18(17)28-4/h8-9,11-12H,5-7,10,13-15H2,1-4H3. The third-order valence-electron chi connectivity index (χ3n) is 5.63. The third kappa shape index (κ3) is 4.54. The van der Waals surface area contributed by atoms with E-state index in [9.17, 15) is 4.79 Å². The second-order valence-corrected chi connectivity index (χ2v) is 10.7. The SMILES string of the molecule is CCCCCCSc1nc2sc3c(c2c(=O)n1-c1ccccc1OC)CC(C)(C)OC3. The number of nitrogens with zero attached hydrogens (tertiary/aromatic N) is 2. The summed E-state index contributed by atoms with van der Waals surface area (Å²) < 4.78 is 13.3. The fourth-order valence-electron chi connectivity index (χ4n) is 3.99. The van der Waals surface area contributed by atoms with E-state index >= 15 is 0 Å². The molecule has 0 bridgehead atoms. The van der Waals surface area contributed by atoms with Gasteiger partial charge in [-0.1, -0.05) is 50.1 Å². The molecule has 0 fully saturated rings. The maximum Gasteiger partial charge on any atom is 0.267 e. The van der Waals surface area contributed by atoms with Crippen molar-refractivity contribution in [3.8, 4) is 11.4 Å². The average Bonchev–Trinajstić information content (AvgIpc) is 3.10. The Morgan fingerprint density at radius 2 is 2.06 bits per heavy atom. The van der Waals surface area contributed by atoms with Gasteiger partial charge in [0.25, 0.3) is 5.56 Å². The van der Waals surface area contributed by atoms with Gasteiger partial charge in [0.05, 0.1) is 30.4 Å². The molecule has 3 heterocycles. The minimum Gasteiger partial charge on any atom is -0.495 e. The number of benzene rings is 1. The smallest absolute Gasteiger partial charge is 0.267 e. The normalized spacial score (nSPS) is 15.2. The van der Waals surface area contributed by atoms with E-state index in [1.54, 1.807) is 34.8 Å². The molecule has 0 saturated carbocycles. The van der Waals surface area contributed by atoms with E-state index in [0.717, 1.165) is 43.7 Å². The molecule has 7 heteroatoms. The summed E-state index contributed by atoms with van der Waals surface area (Å²) in [5.74, 6) is 1.61. The third-order valence-corrected chi connectivity index (χ3v) is 7.75. The summed E-state index contributed by atoms with van der Waals surface area (Å²) in [6.45, 7) is 6.90. The van der Waals surface area contributed by atoms with Crippen molar-refractivity contribution in [1.29, 1.82) is 0 Å². The molecular weight excluding hydrogens is 428 g/mol. The molecule has 1 aliphatic heterocycles. The number of para-hydroxylation sites is 2. The Balaban J connectivity index is 1.86. The molecule has 31 heavy (non-hydrogen) atoms. The van der Waals surface area contributed by atoms with E-state index in [1.807, 2.05) is 24.3 Å². The Labute approximate surface area is 191 Å². The summed E-state index contributed by atoms with van der Waals surface area (Å²) in [4.78, 5) is 20.8. The first-order chi connectivity index (χ1) is 14.9. The first-order valence-corrected chi connectivity index (χ1v) is 12.7. The van der Waals surface area contributed by atoms with Crippen LogP contribution in [0.5, 0.6) is 5.75 Å². The van der Waals surface area contributed by atoms with Gasteiger partial charge in [-0.2, -0.15) is 0 Å². The number of hydrogen-bond donors (Lipinski definition) is 0. The van der Waals surface area contributed by atoms with Crippen LogP contribution in [0, 0.1) is 0 Å². The Morgan fingerprint density at radius 1 is 1.26 bits per heavy atom. The highest BCUT2D eigenvalue weighted by Crippen LogP contribution is 2.38. The number of hydrogen-bond acceptors (Lipinski definition) is 6. The maximum atomic E-state index is 13.9. The molecule has 1 aromatic carbocycles. The summed E-state index contributed by atoms with van der Waals surface area (Å²) in [6.07, 6.45) is 5.47. The Morgan fingerprint density at radius 3 is 2.84 bits per heavy atom. The number of thioether (sulfide) groups is 1. The van der Waals surface area contributed by atoms with E-state index in [0.29, 0.717) is 18.8 Å². The molecule has 0 aliphatic carbocycles. The molecule has 3 aromatic rings. The molecule has 0 amide bonds. The lowest BCUT2D eigenvalue weighted by Gasteiger charge is -2.30. The van der Waals surface area contributed by atoms with Gasteiger partial charge in [0, 0.05) is 17.1 Å². The Hall–Kier alpha value is -1.83. The van der Waals surface area contributed by atoms with Crippen LogP contribution >= 0.6 is 23.1 Å². The van der Waals surface area contributed by atoms with Crippen LogP contribution in [-0.4, -0.2) is 28.0 Å². The van der Waals surface area contributed by atoms with Gasteiger partial charge >= 0.3 is 0 Å². The van der Waals surface area contributed by atoms with Gasteiger partial charge in [-0.05, 0) is 38.0 Å². The zero-order chi connectivity index (χ0) is 22.0. The number of fused-ring (bicyclic) bond motifs is 3. The minimum absolute atomic E-state index is 0.0132. The quantitative estimate of drug-likeness (QED) is 0.236. The monoisotopic (exact) mass is 458 g/mol. The molecule has 2 aromatic heterocycles. The molecule has 0 atom stereocenters. The molecule has 166 valence electrons. The molecule has 0 spiro atoms. The van der Waals surface area contributed by atoms with Gasteiger partial charge in [0.1, 0.15) is 10.6 Å². The van der Waals surface area contributed by atoms with Gasteiger partial charge < -0.3 is 9.47 Å². The predicted molar refractivity (Wildman–Crippen MR) is 129 cm³/mol. The van der Waals surface area contributed by atoms with E-state index in [2.05, 4.69) is 20.8 Å². The summed E-state index contributed by atoms with van der Waals surface area (Å²) in [5.41, 5.74) is 1.54. The van der Waals surface area contributed by atoms with Gasteiger partial charge in [-0.3, -0.25) is 9.36 Å². The second kappa shape index (κ2) is 9.35. The van der Waals surface area contributed by atoms with Gasteiger partial charge in [-0.25, -0.2) is 4.98 Å². The number of unbranched alkanes of at least 4 members (excludes halogenated alkanes) is 3. The summed E-state index contributed by atoms with van der Waals surface area (Å²) in [6, 6.07) is 7.68. The van der Waals surface area contributed by atoms with Crippen molar-refractivity contribution in [2.24, 2.45) is 0 Å². The molecule has 0 unspecified atom stereocenters. The van der Waals surface area contributed by atoms with E-state index in [4.69, 9.17) is 14.5 Å². The highest BCUT2D eigenvalue weighted by Gasteiger charge is 2.31. The van der Waals surface area contributed by atoms with Crippen molar-refractivity contribution in [1.82, 2.24) is 9.55 Å². The molecule has 0 radical (unpaired) electrons. The van der Waals surface area contributed by atoms with Gasteiger partial charge in [0.2, 0.25) is 0 Å². The summed E-state index contributed by atoms with van der Waals surface area (Å²) in [7, 11) is 1.64. The van der Waals surface area contributed by atoms with Crippen LogP contribution in [0.1, 0.15) is 56.9 Å². The lowest BCUT2D eigenvalue weighted by atomic mass is 9.94. The highest BCUT2D eigenvalue weighted by atomic mass is 32.2. The van der Waals surface area contributed by atoms with Crippen molar-refractivity contribution in [2.45, 2.75) is 70.2 Å². The zero-order valence-electron chi connectivity index (χ0n) is 18.7. The lowest BCUT2D eigenvalue weighted by molar-refractivity contribution is -0.0379.